The lowest BCUT2D eigenvalue weighted by Gasteiger charge is -2.08. The van der Waals surface area contributed by atoms with Gasteiger partial charge in [-0.25, -0.2) is 15.0 Å². The summed E-state index contributed by atoms with van der Waals surface area (Å²) < 4.78 is 5.36. The molecule has 0 aliphatic rings. The summed E-state index contributed by atoms with van der Waals surface area (Å²) in [7, 11) is 0. The van der Waals surface area contributed by atoms with Crippen LogP contribution in [0.25, 0.3) is 22.8 Å². The van der Waals surface area contributed by atoms with Gasteiger partial charge in [0.25, 0.3) is 0 Å². The molecule has 22 heavy (non-hydrogen) atoms. The third kappa shape index (κ3) is 2.88. The van der Waals surface area contributed by atoms with Crippen LogP contribution in [0.2, 0.25) is 0 Å². The average molecular weight is 293 g/mol. The lowest BCUT2D eigenvalue weighted by Crippen LogP contribution is -1.96. The van der Waals surface area contributed by atoms with Gasteiger partial charge in [0.05, 0.1) is 12.2 Å². The summed E-state index contributed by atoms with van der Waals surface area (Å²) >= 11 is 0. The minimum absolute atomic E-state index is 0.0798. The van der Waals surface area contributed by atoms with E-state index in [0.717, 1.165) is 5.56 Å². The van der Waals surface area contributed by atoms with Crippen LogP contribution in [-0.2, 0) is 0 Å². The highest BCUT2D eigenvalue weighted by molar-refractivity contribution is 5.67. The number of aromatic nitrogens is 3. The molecular weight excluding hydrogens is 278 g/mol. The van der Waals surface area contributed by atoms with Gasteiger partial charge in [0.2, 0.25) is 0 Å². The fourth-order valence-corrected chi connectivity index (χ4v) is 2.11. The number of aromatic hydroxyl groups is 1. The Bertz CT molecular complexity index is 776. The highest BCUT2D eigenvalue weighted by atomic mass is 16.5. The molecule has 1 heterocycles. The van der Waals surface area contributed by atoms with Crippen LogP contribution in [0.1, 0.15) is 6.92 Å². The number of ether oxygens (including phenoxy) is 1. The van der Waals surface area contributed by atoms with Crippen LogP contribution in [0.5, 0.6) is 11.5 Å². The molecule has 1 aromatic heterocycles. The predicted octanol–water partition coefficient (Wildman–Crippen LogP) is 3.31. The number of nitrogens with zero attached hydrogens (tertiary/aromatic N) is 3. The SMILES string of the molecule is CCOc1ccc(-c2ncnc(-c3ccccc3)n2)c(O)c1. The molecule has 3 aromatic rings. The second-order valence-electron chi connectivity index (χ2n) is 4.61. The van der Waals surface area contributed by atoms with Crippen LogP contribution < -0.4 is 4.74 Å². The maximum atomic E-state index is 10.2. The van der Waals surface area contributed by atoms with Crippen LogP contribution in [0.15, 0.2) is 54.9 Å². The molecule has 0 bridgehead atoms. The quantitative estimate of drug-likeness (QED) is 0.799. The van der Waals surface area contributed by atoms with Gasteiger partial charge in [-0.1, -0.05) is 30.3 Å². The van der Waals surface area contributed by atoms with Gasteiger partial charge in [-0.3, -0.25) is 0 Å². The van der Waals surface area contributed by atoms with E-state index < -0.39 is 0 Å². The number of rotatable bonds is 4. The Kier molecular flexibility index (Phi) is 3.96. The Balaban J connectivity index is 1.99. The molecule has 110 valence electrons. The molecular formula is C17H15N3O2. The monoisotopic (exact) mass is 293 g/mol. The lowest BCUT2D eigenvalue weighted by molar-refractivity contribution is 0.338. The van der Waals surface area contributed by atoms with Crippen LogP contribution in [0, 0.1) is 0 Å². The van der Waals surface area contributed by atoms with E-state index in [1.54, 1.807) is 18.2 Å². The summed E-state index contributed by atoms with van der Waals surface area (Å²) in [5.74, 6) is 1.69. The van der Waals surface area contributed by atoms with Crippen molar-refractivity contribution in [3.8, 4) is 34.3 Å². The zero-order valence-corrected chi connectivity index (χ0v) is 12.1. The molecule has 1 N–H and O–H groups in total. The third-order valence-corrected chi connectivity index (χ3v) is 3.12. The zero-order chi connectivity index (χ0) is 15.4. The molecule has 3 rings (SSSR count). The molecule has 0 radical (unpaired) electrons. The molecule has 5 heteroatoms. The van der Waals surface area contributed by atoms with Crippen LogP contribution in [0.4, 0.5) is 0 Å². The number of hydrogen-bond acceptors (Lipinski definition) is 5. The maximum Gasteiger partial charge on any atom is 0.167 e. The van der Waals surface area contributed by atoms with E-state index in [0.29, 0.717) is 29.6 Å². The van der Waals surface area contributed by atoms with E-state index >= 15 is 0 Å². The molecule has 2 aromatic carbocycles. The van der Waals surface area contributed by atoms with Crippen LogP contribution in [0.3, 0.4) is 0 Å². The van der Waals surface area contributed by atoms with Crippen molar-refractivity contribution < 1.29 is 9.84 Å². The zero-order valence-electron chi connectivity index (χ0n) is 12.1. The van der Waals surface area contributed by atoms with Gasteiger partial charge >= 0.3 is 0 Å². The summed E-state index contributed by atoms with van der Waals surface area (Å²) in [6.07, 6.45) is 1.45. The molecule has 5 nitrogen and oxygen atoms in total. The standard InChI is InChI=1S/C17H15N3O2/c1-2-22-13-8-9-14(15(21)10-13)17-19-11-18-16(20-17)12-6-4-3-5-7-12/h3-11,21H,2H2,1H3. The summed E-state index contributed by atoms with van der Waals surface area (Å²) in [6.45, 7) is 2.44. The van der Waals surface area contributed by atoms with Gasteiger partial charge in [0.1, 0.15) is 17.8 Å². The van der Waals surface area contributed by atoms with E-state index in [-0.39, 0.29) is 5.75 Å². The topological polar surface area (TPSA) is 68.1 Å². The van der Waals surface area contributed by atoms with Crippen molar-refractivity contribution in [1.29, 1.82) is 0 Å². The van der Waals surface area contributed by atoms with Gasteiger partial charge in [-0.15, -0.1) is 0 Å². The van der Waals surface area contributed by atoms with Crippen molar-refractivity contribution in [3.05, 3.63) is 54.9 Å². The average Bonchev–Trinajstić information content (AvgIpc) is 2.56. The second kappa shape index (κ2) is 6.22. The first-order chi connectivity index (χ1) is 10.8. The number of hydrogen-bond donors (Lipinski definition) is 1. The summed E-state index contributed by atoms with van der Waals surface area (Å²) in [4.78, 5) is 12.8. The normalized spacial score (nSPS) is 10.4. The van der Waals surface area contributed by atoms with E-state index in [1.807, 2.05) is 37.3 Å². The van der Waals surface area contributed by atoms with Crippen molar-refractivity contribution in [2.24, 2.45) is 0 Å². The molecule has 0 saturated carbocycles. The Morgan fingerprint density at radius 3 is 2.50 bits per heavy atom. The molecule has 0 amide bonds. The Morgan fingerprint density at radius 2 is 1.77 bits per heavy atom. The van der Waals surface area contributed by atoms with E-state index in [2.05, 4.69) is 15.0 Å². The molecule has 0 unspecified atom stereocenters. The number of phenolic OH excluding ortho intramolecular Hbond substituents is 1. The molecule has 0 saturated heterocycles. The predicted molar refractivity (Wildman–Crippen MR) is 83.5 cm³/mol. The minimum Gasteiger partial charge on any atom is -0.507 e. The van der Waals surface area contributed by atoms with Gasteiger partial charge in [0, 0.05) is 11.6 Å². The van der Waals surface area contributed by atoms with Crippen molar-refractivity contribution >= 4 is 0 Å². The number of benzene rings is 2. The highest BCUT2D eigenvalue weighted by Crippen LogP contribution is 2.30. The second-order valence-corrected chi connectivity index (χ2v) is 4.61. The van der Waals surface area contributed by atoms with Gasteiger partial charge < -0.3 is 9.84 Å². The van der Waals surface area contributed by atoms with Crippen LogP contribution in [-0.4, -0.2) is 26.7 Å². The largest absolute Gasteiger partial charge is 0.507 e. The van der Waals surface area contributed by atoms with Gasteiger partial charge in [-0.05, 0) is 19.1 Å². The molecule has 0 spiro atoms. The minimum atomic E-state index is 0.0798. The van der Waals surface area contributed by atoms with E-state index in [4.69, 9.17) is 4.74 Å². The smallest absolute Gasteiger partial charge is 0.167 e. The number of phenols is 1. The fourth-order valence-electron chi connectivity index (χ4n) is 2.11. The molecule has 0 aliphatic carbocycles. The van der Waals surface area contributed by atoms with Crippen molar-refractivity contribution in [3.63, 3.8) is 0 Å². The maximum absolute atomic E-state index is 10.2. The first kappa shape index (κ1) is 14.0. The van der Waals surface area contributed by atoms with Crippen molar-refractivity contribution in [2.45, 2.75) is 6.92 Å². The first-order valence-corrected chi connectivity index (χ1v) is 6.98. The van der Waals surface area contributed by atoms with Crippen molar-refractivity contribution in [2.75, 3.05) is 6.61 Å². The van der Waals surface area contributed by atoms with Gasteiger partial charge in [-0.2, -0.15) is 0 Å². The molecule has 0 fully saturated rings. The Hall–Kier alpha value is -2.95. The highest BCUT2D eigenvalue weighted by Gasteiger charge is 2.11. The lowest BCUT2D eigenvalue weighted by atomic mass is 10.1. The Morgan fingerprint density at radius 1 is 1.00 bits per heavy atom. The summed E-state index contributed by atoms with van der Waals surface area (Å²) in [5, 5.41) is 10.2. The summed E-state index contributed by atoms with van der Waals surface area (Å²) in [6, 6.07) is 14.7. The first-order valence-electron chi connectivity index (χ1n) is 6.98. The molecule has 0 aliphatic heterocycles. The van der Waals surface area contributed by atoms with Crippen molar-refractivity contribution in [1.82, 2.24) is 15.0 Å². The molecule has 0 atom stereocenters. The fraction of sp³-hybridized carbons (Fsp3) is 0.118. The summed E-state index contributed by atoms with van der Waals surface area (Å²) in [5.41, 5.74) is 1.44. The van der Waals surface area contributed by atoms with Crippen LogP contribution >= 0.6 is 0 Å². The Labute approximate surface area is 128 Å². The third-order valence-electron chi connectivity index (χ3n) is 3.12. The van der Waals surface area contributed by atoms with Gasteiger partial charge in [0.15, 0.2) is 11.6 Å². The van der Waals surface area contributed by atoms with E-state index in [9.17, 15) is 5.11 Å². The van der Waals surface area contributed by atoms with E-state index in [1.165, 1.54) is 6.33 Å².